The van der Waals surface area contributed by atoms with E-state index >= 15 is 0 Å². The number of sulfone groups is 1. The van der Waals surface area contributed by atoms with E-state index in [-0.39, 0.29) is 29.1 Å². The largest absolute Gasteiger partial charge is 0.365 e. The number of hydrogen-bond acceptors (Lipinski definition) is 6. The third kappa shape index (κ3) is 4.66. The summed E-state index contributed by atoms with van der Waals surface area (Å²) in [6.07, 6.45) is 0.570. The average molecular weight is 312 g/mol. The number of carbonyl (C=O) groups excluding carboxylic acids is 1. The van der Waals surface area contributed by atoms with Crippen LogP contribution in [0.2, 0.25) is 0 Å². The van der Waals surface area contributed by atoms with E-state index in [4.69, 9.17) is 0 Å². The highest BCUT2D eigenvalue weighted by Gasteiger charge is 2.27. The molecule has 1 fully saturated rings. The fourth-order valence-corrected chi connectivity index (χ4v) is 3.71. The topological polar surface area (TPSA) is 101 Å². The highest BCUT2D eigenvalue weighted by atomic mass is 32.2. The van der Waals surface area contributed by atoms with Gasteiger partial charge in [0.1, 0.15) is 5.82 Å². The Morgan fingerprint density at radius 3 is 2.67 bits per heavy atom. The Balaban J connectivity index is 1.91. The normalized spacial score (nSPS) is 20.4. The molecule has 2 rings (SSSR count). The minimum Gasteiger partial charge on any atom is -0.365 e. The summed E-state index contributed by atoms with van der Waals surface area (Å²) in [5, 5.41) is 13.6. The van der Waals surface area contributed by atoms with Crippen molar-refractivity contribution in [3.05, 3.63) is 17.8 Å². The van der Waals surface area contributed by atoms with E-state index in [1.54, 1.807) is 12.1 Å². The van der Waals surface area contributed by atoms with Gasteiger partial charge in [-0.1, -0.05) is 13.8 Å². The number of carbonyl (C=O) groups is 1. The lowest BCUT2D eigenvalue weighted by atomic mass is 10.2. The molecule has 0 spiro atoms. The van der Waals surface area contributed by atoms with Crippen LogP contribution in [0.5, 0.6) is 0 Å². The Labute approximate surface area is 124 Å². The van der Waals surface area contributed by atoms with Crippen LogP contribution >= 0.6 is 0 Å². The maximum Gasteiger partial charge on any atom is 0.271 e. The zero-order chi connectivity index (χ0) is 15.5. The van der Waals surface area contributed by atoms with Gasteiger partial charge in [-0.2, -0.15) is 0 Å². The smallest absolute Gasteiger partial charge is 0.271 e. The standard InChI is InChI=1S/C13H20N4O3S/c1-9(2)7-14-13(18)11-3-4-12(17-16-11)15-10-5-6-21(19,20)8-10/h3-4,9-10H,5-8H2,1-2H3,(H,14,18)(H,15,17). The van der Waals surface area contributed by atoms with Crippen molar-refractivity contribution < 1.29 is 13.2 Å². The zero-order valence-electron chi connectivity index (χ0n) is 12.2. The maximum atomic E-state index is 11.8. The summed E-state index contributed by atoms with van der Waals surface area (Å²) in [6.45, 7) is 4.60. The number of rotatable bonds is 5. The minimum atomic E-state index is -2.93. The molecular weight excluding hydrogens is 292 g/mol. The molecule has 1 aliphatic rings. The second-order valence-electron chi connectivity index (χ2n) is 5.65. The summed E-state index contributed by atoms with van der Waals surface area (Å²) < 4.78 is 22.7. The molecule has 0 aliphatic carbocycles. The van der Waals surface area contributed by atoms with Gasteiger partial charge in [-0.05, 0) is 24.5 Å². The van der Waals surface area contributed by atoms with Crippen molar-refractivity contribution in [3.63, 3.8) is 0 Å². The van der Waals surface area contributed by atoms with Gasteiger partial charge in [0.25, 0.3) is 5.91 Å². The number of hydrogen-bond donors (Lipinski definition) is 2. The molecule has 7 nitrogen and oxygen atoms in total. The van der Waals surface area contributed by atoms with Gasteiger partial charge in [-0.25, -0.2) is 8.42 Å². The Morgan fingerprint density at radius 2 is 2.14 bits per heavy atom. The summed E-state index contributed by atoms with van der Waals surface area (Å²) in [4.78, 5) is 11.8. The van der Waals surface area contributed by atoms with Gasteiger partial charge in [-0.15, -0.1) is 10.2 Å². The first-order valence-corrected chi connectivity index (χ1v) is 8.77. The molecule has 116 valence electrons. The SMILES string of the molecule is CC(C)CNC(=O)c1ccc(NC2CCS(=O)(=O)C2)nn1. The molecule has 2 heterocycles. The number of nitrogens with zero attached hydrogens (tertiary/aromatic N) is 2. The Bertz CT molecular complexity index is 598. The number of nitrogens with one attached hydrogen (secondary N) is 2. The van der Waals surface area contributed by atoms with Crippen molar-refractivity contribution >= 4 is 21.6 Å². The first kappa shape index (κ1) is 15.7. The summed E-state index contributed by atoms with van der Waals surface area (Å²) in [5.41, 5.74) is 0.250. The predicted octanol–water partition coefficient (Wildman–Crippen LogP) is 0.461. The fraction of sp³-hybridized carbons (Fsp3) is 0.615. The van der Waals surface area contributed by atoms with E-state index in [0.29, 0.717) is 24.7 Å². The summed E-state index contributed by atoms with van der Waals surface area (Å²) in [6, 6.07) is 3.08. The molecule has 1 aromatic heterocycles. The second kappa shape index (κ2) is 6.38. The van der Waals surface area contributed by atoms with Crippen LogP contribution in [-0.2, 0) is 9.84 Å². The van der Waals surface area contributed by atoms with Crippen molar-refractivity contribution in [3.8, 4) is 0 Å². The molecule has 1 saturated heterocycles. The van der Waals surface area contributed by atoms with E-state index < -0.39 is 9.84 Å². The molecule has 0 saturated carbocycles. The van der Waals surface area contributed by atoms with Gasteiger partial charge in [0.05, 0.1) is 11.5 Å². The van der Waals surface area contributed by atoms with Gasteiger partial charge in [0, 0.05) is 12.6 Å². The van der Waals surface area contributed by atoms with Crippen LogP contribution in [0.3, 0.4) is 0 Å². The summed E-state index contributed by atoms with van der Waals surface area (Å²) >= 11 is 0. The number of anilines is 1. The van der Waals surface area contributed by atoms with E-state index in [0.717, 1.165) is 0 Å². The quantitative estimate of drug-likeness (QED) is 0.819. The molecule has 8 heteroatoms. The van der Waals surface area contributed by atoms with Crippen molar-refractivity contribution in [2.45, 2.75) is 26.3 Å². The van der Waals surface area contributed by atoms with Crippen molar-refractivity contribution in [1.82, 2.24) is 15.5 Å². The van der Waals surface area contributed by atoms with Crippen LogP contribution in [0.25, 0.3) is 0 Å². The Kier molecular flexibility index (Phi) is 4.76. The third-order valence-corrected chi connectivity index (χ3v) is 4.92. The monoisotopic (exact) mass is 312 g/mol. The fourth-order valence-electron chi connectivity index (χ4n) is 2.04. The first-order chi connectivity index (χ1) is 9.85. The van der Waals surface area contributed by atoms with Crippen LogP contribution in [0.1, 0.15) is 30.8 Å². The van der Waals surface area contributed by atoms with Crippen LogP contribution in [0, 0.1) is 5.92 Å². The van der Waals surface area contributed by atoms with Crippen LogP contribution in [0.4, 0.5) is 5.82 Å². The lowest BCUT2D eigenvalue weighted by Gasteiger charge is -2.11. The van der Waals surface area contributed by atoms with Crippen LogP contribution in [0.15, 0.2) is 12.1 Å². The summed E-state index contributed by atoms with van der Waals surface area (Å²) in [7, 11) is -2.93. The molecule has 0 aromatic carbocycles. The first-order valence-electron chi connectivity index (χ1n) is 6.94. The second-order valence-corrected chi connectivity index (χ2v) is 7.88. The molecular formula is C13H20N4O3S. The molecule has 21 heavy (non-hydrogen) atoms. The molecule has 1 aromatic rings. The van der Waals surface area contributed by atoms with Gasteiger partial charge in [0.2, 0.25) is 0 Å². The Hall–Kier alpha value is -1.70. The van der Waals surface area contributed by atoms with Crippen molar-refractivity contribution in [2.24, 2.45) is 5.92 Å². The van der Waals surface area contributed by atoms with E-state index in [1.807, 2.05) is 13.8 Å². The molecule has 1 aliphatic heterocycles. The zero-order valence-corrected chi connectivity index (χ0v) is 13.0. The van der Waals surface area contributed by atoms with Crippen molar-refractivity contribution in [2.75, 3.05) is 23.4 Å². The molecule has 0 radical (unpaired) electrons. The predicted molar refractivity (Wildman–Crippen MR) is 79.9 cm³/mol. The molecule has 1 atom stereocenters. The number of amides is 1. The van der Waals surface area contributed by atoms with Gasteiger partial charge < -0.3 is 10.6 Å². The van der Waals surface area contributed by atoms with Gasteiger partial charge in [-0.3, -0.25) is 4.79 Å². The van der Waals surface area contributed by atoms with Crippen LogP contribution in [-0.4, -0.2) is 48.6 Å². The lowest BCUT2D eigenvalue weighted by Crippen LogP contribution is -2.28. The van der Waals surface area contributed by atoms with E-state index in [2.05, 4.69) is 20.8 Å². The highest BCUT2D eigenvalue weighted by molar-refractivity contribution is 7.91. The van der Waals surface area contributed by atoms with Gasteiger partial charge in [0.15, 0.2) is 15.5 Å². The Morgan fingerprint density at radius 1 is 1.38 bits per heavy atom. The lowest BCUT2D eigenvalue weighted by molar-refractivity contribution is 0.0943. The maximum absolute atomic E-state index is 11.8. The van der Waals surface area contributed by atoms with Crippen LogP contribution < -0.4 is 10.6 Å². The molecule has 2 N–H and O–H groups in total. The van der Waals surface area contributed by atoms with Crippen molar-refractivity contribution in [1.29, 1.82) is 0 Å². The van der Waals surface area contributed by atoms with E-state index in [9.17, 15) is 13.2 Å². The molecule has 0 bridgehead atoms. The van der Waals surface area contributed by atoms with E-state index in [1.165, 1.54) is 0 Å². The molecule has 1 amide bonds. The van der Waals surface area contributed by atoms with Gasteiger partial charge >= 0.3 is 0 Å². The summed E-state index contributed by atoms with van der Waals surface area (Å²) in [5.74, 6) is 0.912. The average Bonchev–Trinajstić information content (AvgIpc) is 2.76. The third-order valence-electron chi connectivity index (χ3n) is 3.15. The number of aromatic nitrogens is 2. The highest BCUT2D eigenvalue weighted by Crippen LogP contribution is 2.15. The molecule has 1 unspecified atom stereocenters. The minimum absolute atomic E-state index is 0.116.